The molecule has 2 atom stereocenters. The van der Waals surface area contributed by atoms with E-state index in [-0.39, 0.29) is 5.91 Å². The lowest BCUT2D eigenvalue weighted by Gasteiger charge is -2.22. The van der Waals surface area contributed by atoms with Gasteiger partial charge in [0, 0.05) is 30.4 Å². The molecule has 1 amide bonds. The van der Waals surface area contributed by atoms with Crippen LogP contribution in [0.5, 0.6) is 0 Å². The summed E-state index contributed by atoms with van der Waals surface area (Å²) < 4.78 is 0. The Bertz CT molecular complexity index is 436. The maximum atomic E-state index is 11.5. The molecule has 21 heavy (non-hydrogen) atoms. The number of hydrogen-bond acceptors (Lipinski definition) is 3. The second-order valence-electron chi connectivity index (χ2n) is 5.94. The smallest absolute Gasteiger partial charge is 0.251 e. The van der Waals surface area contributed by atoms with E-state index in [9.17, 15) is 4.79 Å². The van der Waals surface area contributed by atoms with Gasteiger partial charge in [-0.2, -0.15) is 0 Å². The van der Waals surface area contributed by atoms with Crippen molar-refractivity contribution in [3.8, 4) is 0 Å². The quantitative estimate of drug-likeness (QED) is 0.781. The highest BCUT2D eigenvalue weighted by atomic mass is 16.1. The third kappa shape index (κ3) is 5.05. The number of carbonyl (C=O) groups is 1. The standard InChI is InChI=1S/C17H27N3O/c1-13(12-16-6-4-3-5-11-19-16)20-15-9-7-14(8-10-15)17(21)18-2/h7-10,13,16,19-20H,3-6,11-12H2,1-2H3,(H,18,21). The van der Waals surface area contributed by atoms with Crippen molar-refractivity contribution in [3.05, 3.63) is 29.8 Å². The molecule has 1 saturated heterocycles. The van der Waals surface area contributed by atoms with Gasteiger partial charge in [0.15, 0.2) is 0 Å². The summed E-state index contributed by atoms with van der Waals surface area (Å²) in [5, 5.41) is 9.79. The van der Waals surface area contributed by atoms with Gasteiger partial charge in [0.2, 0.25) is 0 Å². The first-order chi connectivity index (χ1) is 10.2. The Kier molecular flexibility index (Phi) is 6.05. The molecule has 4 nitrogen and oxygen atoms in total. The average molecular weight is 289 g/mol. The van der Waals surface area contributed by atoms with Gasteiger partial charge in [-0.3, -0.25) is 4.79 Å². The van der Waals surface area contributed by atoms with E-state index in [2.05, 4.69) is 22.9 Å². The lowest BCUT2D eigenvalue weighted by molar-refractivity contribution is 0.0963. The largest absolute Gasteiger partial charge is 0.383 e. The molecule has 1 heterocycles. The minimum Gasteiger partial charge on any atom is -0.383 e. The predicted octanol–water partition coefficient (Wildman–Crippen LogP) is 2.77. The predicted molar refractivity (Wildman–Crippen MR) is 87.8 cm³/mol. The Labute approximate surface area is 127 Å². The Morgan fingerprint density at radius 3 is 2.76 bits per heavy atom. The highest BCUT2D eigenvalue weighted by Gasteiger charge is 2.14. The van der Waals surface area contributed by atoms with Crippen LogP contribution < -0.4 is 16.0 Å². The molecule has 116 valence electrons. The molecule has 2 unspecified atom stereocenters. The van der Waals surface area contributed by atoms with Gasteiger partial charge in [-0.1, -0.05) is 12.8 Å². The summed E-state index contributed by atoms with van der Waals surface area (Å²) >= 11 is 0. The van der Waals surface area contributed by atoms with Crippen LogP contribution in [0.3, 0.4) is 0 Å². The first-order valence-corrected chi connectivity index (χ1v) is 8.01. The van der Waals surface area contributed by atoms with E-state index in [0.717, 1.165) is 18.7 Å². The number of rotatable bonds is 5. The molecule has 1 aliphatic rings. The molecule has 0 radical (unpaired) electrons. The van der Waals surface area contributed by atoms with Crippen molar-refractivity contribution in [1.82, 2.24) is 10.6 Å². The number of hydrogen-bond donors (Lipinski definition) is 3. The summed E-state index contributed by atoms with van der Waals surface area (Å²) in [5.74, 6) is -0.0442. The summed E-state index contributed by atoms with van der Waals surface area (Å²) in [7, 11) is 1.65. The fourth-order valence-electron chi connectivity index (χ4n) is 2.93. The van der Waals surface area contributed by atoms with Crippen molar-refractivity contribution in [2.45, 2.75) is 51.1 Å². The molecule has 1 fully saturated rings. The van der Waals surface area contributed by atoms with Crippen molar-refractivity contribution < 1.29 is 4.79 Å². The molecule has 0 spiro atoms. The van der Waals surface area contributed by atoms with Gasteiger partial charge >= 0.3 is 0 Å². The fraction of sp³-hybridized carbons (Fsp3) is 0.588. The van der Waals surface area contributed by atoms with Gasteiger partial charge in [-0.05, 0) is 57.0 Å². The minimum atomic E-state index is -0.0442. The zero-order chi connectivity index (χ0) is 15.1. The van der Waals surface area contributed by atoms with Crippen molar-refractivity contribution in [1.29, 1.82) is 0 Å². The fourth-order valence-corrected chi connectivity index (χ4v) is 2.93. The molecule has 1 aromatic carbocycles. The van der Waals surface area contributed by atoms with Gasteiger partial charge in [0.1, 0.15) is 0 Å². The SMILES string of the molecule is CNC(=O)c1ccc(NC(C)CC2CCCCCN2)cc1. The van der Waals surface area contributed by atoms with Crippen molar-refractivity contribution in [2.24, 2.45) is 0 Å². The Hall–Kier alpha value is -1.55. The monoisotopic (exact) mass is 289 g/mol. The van der Waals surface area contributed by atoms with E-state index >= 15 is 0 Å². The van der Waals surface area contributed by atoms with Gasteiger partial charge in [0.25, 0.3) is 5.91 Å². The van der Waals surface area contributed by atoms with Crippen molar-refractivity contribution in [2.75, 3.05) is 18.9 Å². The van der Waals surface area contributed by atoms with Gasteiger partial charge in [-0.25, -0.2) is 0 Å². The lowest BCUT2D eigenvalue weighted by atomic mass is 10.0. The number of benzene rings is 1. The summed E-state index contributed by atoms with van der Waals surface area (Å²) in [4.78, 5) is 11.5. The molecule has 2 rings (SSSR count). The summed E-state index contributed by atoms with van der Waals surface area (Å²) in [6, 6.07) is 8.71. The second-order valence-corrected chi connectivity index (χ2v) is 5.94. The third-order valence-corrected chi connectivity index (χ3v) is 4.09. The van der Waals surface area contributed by atoms with Crippen molar-refractivity contribution >= 4 is 11.6 Å². The van der Waals surface area contributed by atoms with E-state index in [1.165, 1.54) is 25.7 Å². The van der Waals surface area contributed by atoms with Crippen LogP contribution in [-0.4, -0.2) is 31.6 Å². The summed E-state index contributed by atoms with van der Waals surface area (Å²) in [5.41, 5.74) is 1.77. The average Bonchev–Trinajstić information content (AvgIpc) is 2.75. The van der Waals surface area contributed by atoms with Crippen LogP contribution in [0.1, 0.15) is 49.4 Å². The molecule has 0 aromatic heterocycles. The molecular formula is C17H27N3O. The molecule has 1 aromatic rings. The Balaban J connectivity index is 1.84. The molecular weight excluding hydrogens is 262 g/mol. The van der Waals surface area contributed by atoms with Crippen LogP contribution in [0.4, 0.5) is 5.69 Å². The lowest BCUT2D eigenvalue weighted by Crippen LogP contribution is -2.33. The third-order valence-electron chi connectivity index (χ3n) is 4.09. The summed E-state index contributed by atoms with van der Waals surface area (Å²) in [6.45, 7) is 3.37. The highest BCUT2D eigenvalue weighted by Crippen LogP contribution is 2.16. The van der Waals surface area contributed by atoms with Crippen LogP contribution in [0.2, 0.25) is 0 Å². The number of nitrogens with one attached hydrogen (secondary N) is 3. The molecule has 0 saturated carbocycles. The molecule has 0 aliphatic carbocycles. The van der Waals surface area contributed by atoms with E-state index in [1.807, 2.05) is 24.3 Å². The van der Waals surface area contributed by atoms with Crippen molar-refractivity contribution in [3.63, 3.8) is 0 Å². The van der Waals surface area contributed by atoms with E-state index in [0.29, 0.717) is 17.6 Å². The van der Waals surface area contributed by atoms with Gasteiger partial charge in [-0.15, -0.1) is 0 Å². The van der Waals surface area contributed by atoms with Crippen LogP contribution >= 0.6 is 0 Å². The number of carbonyl (C=O) groups excluding carboxylic acids is 1. The maximum Gasteiger partial charge on any atom is 0.251 e. The van der Waals surface area contributed by atoms with E-state index < -0.39 is 0 Å². The van der Waals surface area contributed by atoms with Crippen LogP contribution in [-0.2, 0) is 0 Å². The van der Waals surface area contributed by atoms with Crippen LogP contribution in [0.25, 0.3) is 0 Å². The molecule has 0 bridgehead atoms. The molecule has 4 heteroatoms. The zero-order valence-corrected chi connectivity index (χ0v) is 13.1. The second kappa shape index (κ2) is 8.03. The van der Waals surface area contributed by atoms with Gasteiger partial charge in [0.05, 0.1) is 0 Å². The minimum absolute atomic E-state index is 0.0442. The summed E-state index contributed by atoms with van der Waals surface area (Å²) in [6.07, 6.45) is 6.41. The van der Waals surface area contributed by atoms with Crippen LogP contribution in [0, 0.1) is 0 Å². The Morgan fingerprint density at radius 1 is 1.29 bits per heavy atom. The topological polar surface area (TPSA) is 53.2 Å². The first kappa shape index (κ1) is 15.8. The number of anilines is 1. The highest BCUT2D eigenvalue weighted by molar-refractivity contribution is 5.94. The zero-order valence-electron chi connectivity index (χ0n) is 13.1. The molecule has 1 aliphatic heterocycles. The van der Waals surface area contributed by atoms with Crippen LogP contribution in [0.15, 0.2) is 24.3 Å². The van der Waals surface area contributed by atoms with E-state index in [4.69, 9.17) is 0 Å². The normalized spacial score (nSPS) is 20.4. The number of amides is 1. The Morgan fingerprint density at radius 2 is 2.05 bits per heavy atom. The maximum absolute atomic E-state index is 11.5. The molecule has 3 N–H and O–H groups in total. The van der Waals surface area contributed by atoms with E-state index in [1.54, 1.807) is 7.05 Å². The van der Waals surface area contributed by atoms with Gasteiger partial charge < -0.3 is 16.0 Å². The first-order valence-electron chi connectivity index (χ1n) is 8.01.